The summed E-state index contributed by atoms with van der Waals surface area (Å²) in [6, 6.07) is 0. The van der Waals surface area contributed by atoms with Gasteiger partial charge >= 0.3 is 17.9 Å². The molecular formula is C49H94O6. The van der Waals surface area contributed by atoms with Crippen molar-refractivity contribution in [3.8, 4) is 0 Å². The highest BCUT2D eigenvalue weighted by molar-refractivity contribution is 5.71. The van der Waals surface area contributed by atoms with Crippen molar-refractivity contribution in [1.82, 2.24) is 0 Å². The predicted molar refractivity (Wildman–Crippen MR) is 233 cm³/mol. The van der Waals surface area contributed by atoms with Gasteiger partial charge in [-0.15, -0.1) is 0 Å². The van der Waals surface area contributed by atoms with Gasteiger partial charge in [-0.1, -0.05) is 227 Å². The van der Waals surface area contributed by atoms with Crippen LogP contribution in [0.4, 0.5) is 0 Å². The van der Waals surface area contributed by atoms with Crippen LogP contribution in [0.15, 0.2) is 0 Å². The summed E-state index contributed by atoms with van der Waals surface area (Å²) in [6.07, 6.45) is 40.8. The van der Waals surface area contributed by atoms with Gasteiger partial charge in [0.15, 0.2) is 6.10 Å². The average Bonchev–Trinajstić information content (AvgIpc) is 3.17. The lowest BCUT2D eigenvalue weighted by molar-refractivity contribution is -0.167. The molecule has 0 saturated carbocycles. The zero-order chi connectivity index (χ0) is 40.5. The molecule has 0 heterocycles. The fraction of sp³-hybridized carbons (Fsp3) is 0.939. The summed E-state index contributed by atoms with van der Waals surface area (Å²) in [5.41, 5.74) is 0. The fourth-order valence-electron chi connectivity index (χ4n) is 7.25. The first-order valence-corrected chi connectivity index (χ1v) is 24.3. The third-order valence-electron chi connectivity index (χ3n) is 11.3. The van der Waals surface area contributed by atoms with E-state index in [2.05, 4.69) is 34.6 Å². The minimum Gasteiger partial charge on any atom is -0.462 e. The molecule has 6 heteroatoms. The number of carbonyl (C=O) groups is 3. The second-order valence-electron chi connectivity index (χ2n) is 17.5. The van der Waals surface area contributed by atoms with Crippen LogP contribution in [0.2, 0.25) is 0 Å². The van der Waals surface area contributed by atoms with Gasteiger partial charge in [-0.05, 0) is 31.1 Å². The van der Waals surface area contributed by atoms with Crippen LogP contribution in [-0.2, 0) is 28.6 Å². The molecule has 0 aromatic rings. The minimum atomic E-state index is -0.761. The van der Waals surface area contributed by atoms with E-state index in [1.807, 2.05) is 0 Å². The van der Waals surface area contributed by atoms with Crippen molar-refractivity contribution in [2.75, 3.05) is 13.2 Å². The largest absolute Gasteiger partial charge is 0.462 e. The van der Waals surface area contributed by atoms with Gasteiger partial charge in [-0.3, -0.25) is 14.4 Å². The Kier molecular flexibility index (Phi) is 40.8. The molecule has 55 heavy (non-hydrogen) atoms. The molecule has 0 rings (SSSR count). The quantitative estimate of drug-likeness (QED) is 0.0348. The average molecular weight is 779 g/mol. The molecule has 0 aromatic carbocycles. The molecule has 1 unspecified atom stereocenters. The molecule has 0 aliphatic carbocycles. The van der Waals surface area contributed by atoms with Gasteiger partial charge in [0, 0.05) is 19.3 Å². The third kappa shape index (κ3) is 41.9. The van der Waals surface area contributed by atoms with Gasteiger partial charge in [-0.25, -0.2) is 0 Å². The van der Waals surface area contributed by atoms with Crippen molar-refractivity contribution >= 4 is 17.9 Å². The lowest BCUT2D eigenvalue weighted by Crippen LogP contribution is -2.30. The van der Waals surface area contributed by atoms with Crippen LogP contribution in [0, 0.1) is 11.8 Å². The molecule has 0 aliphatic rings. The first kappa shape index (κ1) is 53.4. The summed E-state index contributed by atoms with van der Waals surface area (Å²) in [5, 5.41) is 0. The smallest absolute Gasteiger partial charge is 0.306 e. The van der Waals surface area contributed by atoms with Crippen molar-refractivity contribution < 1.29 is 28.6 Å². The molecule has 0 fully saturated rings. The van der Waals surface area contributed by atoms with E-state index in [4.69, 9.17) is 14.2 Å². The summed E-state index contributed by atoms with van der Waals surface area (Å²) in [7, 11) is 0. The maximum absolute atomic E-state index is 12.7. The highest BCUT2D eigenvalue weighted by Gasteiger charge is 2.19. The van der Waals surface area contributed by atoms with Crippen LogP contribution in [0.5, 0.6) is 0 Å². The van der Waals surface area contributed by atoms with Gasteiger partial charge in [0.1, 0.15) is 13.2 Å². The normalized spacial score (nSPS) is 12.5. The van der Waals surface area contributed by atoms with E-state index in [1.165, 1.54) is 154 Å². The highest BCUT2D eigenvalue weighted by Crippen LogP contribution is 2.17. The summed E-state index contributed by atoms with van der Waals surface area (Å²) in [5.74, 6) is 0.786. The van der Waals surface area contributed by atoms with E-state index in [9.17, 15) is 14.4 Å². The molecule has 0 saturated heterocycles. The molecule has 0 amide bonds. The van der Waals surface area contributed by atoms with Crippen LogP contribution in [0.25, 0.3) is 0 Å². The molecule has 0 bridgehead atoms. The summed E-state index contributed by atoms with van der Waals surface area (Å²) in [4.78, 5) is 37.8. The van der Waals surface area contributed by atoms with E-state index < -0.39 is 6.10 Å². The Morgan fingerprint density at radius 3 is 1.04 bits per heavy atom. The van der Waals surface area contributed by atoms with Crippen LogP contribution in [0.1, 0.15) is 266 Å². The lowest BCUT2D eigenvalue weighted by atomic mass is 10.00. The van der Waals surface area contributed by atoms with E-state index in [0.29, 0.717) is 19.3 Å². The lowest BCUT2D eigenvalue weighted by Gasteiger charge is -2.18. The number of ether oxygens (including phenoxy) is 3. The Morgan fingerprint density at radius 1 is 0.382 bits per heavy atom. The number of hydrogen-bond acceptors (Lipinski definition) is 6. The Hall–Kier alpha value is -1.59. The van der Waals surface area contributed by atoms with Crippen molar-refractivity contribution in [3.63, 3.8) is 0 Å². The van der Waals surface area contributed by atoms with Crippen molar-refractivity contribution in [2.45, 2.75) is 272 Å². The van der Waals surface area contributed by atoms with Crippen LogP contribution >= 0.6 is 0 Å². The second-order valence-corrected chi connectivity index (χ2v) is 17.5. The molecule has 0 aliphatic heterocycles. The molecule has 6 nitrogen and oxygen atoms in total. The SMILES string of the molecule is CCCCCCCCCCCCCCCC(=O)O[C@@H](COC(=O)CCCCCCCCCCCCCC(C)C)COC(=O)CCCCCCCCC(C)CC. The van der Waals surface area contributed by atoms with Crippen LogP contribution < -0.4 is 0 Å². The van der Waals surface area contributed by atoms with E-state index in [-0.39, 0.29) is 31.1 Å². The number of esters is 3. The van der Waals surface area contributed by atoms with Crippen molar-refractivity contribution in [3.05, 3.63) is 0 Å². The molecular weight excluding hydrogens is 685 g/mol. The van der Waals surface area contributed by atoms with Crippen molar-refractivity contribution in [2.24, 2.45) is 11.8 Å². The number of unbranched alkanes of at least 4 members (excludes halogenated alkanes) is 27. The topological polar surface area (TPSA) is 78.9 Å². The third-order valence-corrected chi connectivity index (χ3v) is 11.3. The summed E-state index contributed by atoms with van der Waals surface area (Å²) < 4.78 is 16.8. The maximum Gasteiger partial charge on any atom is 0.306 e. The van der Waals surface area contributed by atoms with Gasteiger partial charge in [0.2, 0.25) is 0 Å². The van der Waals surface area contributed by atoms with Crippen molar-refractivity contribution in [1.29, 1.82) is 0 Å². The Labute approximate surface area is 342 Å². The van der Waals surface area contributed by atoms with E-state index in [1.54, 1.807) is 0 Å². The molecule has 0 N–H and O–H groups in total. The highest BCUT2D eigenvalue weighted by atomic mass is 16.6. The molecule has 0 aromatic heterocycles. The first-order chi connectivity index (χ1) is 26.8. The zero-order valence-corrected chi connectivity index (χ0v) is 37.6. The van der Waals surface area contributed by atoms with E-state index in [0.717, 1.165) is 69.6 Å². The summed E-state index contributed by atoms with van der Waals surface area (Å²) >= 11 is 0. The van der Waals surface area contributed by atoms with Gasteiger partial charge in [0.25, 0.3) is 0 Å². The fourth-order valence-corrected chi connectivity index (χ4v) is 7.25. The van der Waals surface area contributed by atoms with Crippen LogP contribution in [-0.4, -0.2) is 37.2 Å². The Bertz CT molecular complexity index is 841. The molecule has 2 atom stereocenters. The Balaban J connectivity index is 4.33. The number of rotatable bonds is 43. The maximum atomic E-state index is 12.7. The number of hydrogen-bond donors (Lipinski definition) is 0. The molecule has 0 radical (unpaired) electrons. The van der Waals surface area contributed by atoms with Gasteiger partial charge in [0.05, 0.1) is 0 Å². The molecule has 0 spiro atoms. The van der Waals surface area contributed by atoms with Crippen LogP contribution in [0.3, 0.4) is 0 Å². The monoisotopic (exact) mass is 779 g/mol. The number of carbonyl (C=O) groups excluding carboxylic acids is 3. The zero-order valence-electron chi connectivity index (χ0n) is 37.6. The minimum absolute atomic E-state index is 0.0649. The molecule has 326 valence electrons. The predicted octanol–water partition coefficient (Wildman–Crippen LogP) is 15.4. The first-order valence-electron chi connectivity index (χ1n) is 24.3. The summed E-state index contributed by atoms with van der Waals surface area (Å²) in [6.45, 7) is 11.3. The Morgan fingerprint density at radius 2 is 0.691 bits per heavy atom. The van der Waals surface area contributed by atoms with E-state index >= 15 is 0 Å². The van der Waals surface area contributed by atoms with Gasteiger partial charge < -0.3 is 14.2 Å². The van der Waals surface area contributed by atoms with Gasteiger partial charge in [-0.2, -0.15) is 0 Å². The second kappa shape index (κ2) is 42.0. The standard InChI is InChI=1S/C49H94O6/c1-6-8-9-10-11-12-13-14-17-21-24-31-36-41-49(52)55-46(43-54-48(51)40-35-30-26-25-28-33-38-45(5)7-2)42-53-47(50)39-34-29-23-20-18-15-16-19-22-27-32-37-44(3)4/h44-46H,6-43H2,1-5H3/t45?,46-/m0/s1.